The van der Waals surface area contributed by atoms with Gasteiger partial charge in [0, 0.05) is 28.9 Å². The predicted molar refractivity (Wildman–Crippen MR) is 118 cm³/mol. The molecule has 158 valence electrons. The number of carbonyl (C=O) groups excluding carboxylic acids is 2. The first-order valence-electron chi connectivity index (χ1n) is 10.6. The van der Waals surface area contributed by atoms with Crippen LogP contribution >= 0.6 is 11.6 Å². The fourth-order valence-electron chi connectivity index (χ4n) is 4.79. The standard InChI is InChI=1S/C24H27ClN2O3/c1-30-22-15-18(25)10-13-20(22)23(28)26-19-11-8-17(9-12-19)24(29)27-14-4-6-16-5-2-3-7-21(16)27/h8-13,15-16,21H,2-7,14H2,1H3,(H,26,28)/t16-,21+/m1/s1. The van der Waals surface area contributed by atoms with Crippen LogP contribution in [0.1, 0.15) is 59.2 Å². The molecule has 0 spiro atoms. The van der Waals surface area contributed by atoms with Gasteiger partial charge in [-0.15, -0.1) is 0 Å². The Morgan fingerprint density at radius 3 is 2.53 bits per heavy atom. The third kappa shape index (κ3) is 4.31. The van der Waals surface area contributed by atoms with Crippen LogP contribution in [0.4, 0.5) is 5.69 Å². The molecule has 1 aliphatic carbocycles. The van der Waals surface area contributed by atoms with Crippen molar-refractivity contribution >= 4 is 29.1 Å². The lowest BCUT2D eigenvalue weighted by Gasteiger charge is -2.44. The molecule has 2 fully saturated rings. The fourth-order valence-corrected chi connectivity index (χ4v) is 4.95. The van der Waals surface area contributed by atoms with E-state index in [1.165, 1.54) is 32.8 Å². The molecule has 2 amide bonds. The lowest BCUT2D eigenvalue weighted by molar-refractivity contribution is 0.0390. The van der Waals surface area contributed by atoms with Crippen molar-refractivity contribution in [2.75, 3.05) is 19.0 Å². The number of benzene rings is 2. The van der Waals surface area contributed by atoms with E-state index in [0.717, 1.165) is 19.4 Å². The number of piperidine rings is 1. The molecule has 1 aliphatic heterocycles. The molecular formula is C24H27ClN2O3. The second-order valence-corrected chi connectivity index (χ2v) is 8.57. The maximum atomic E-state index is 13.1. The minimum absolute atomic E-state index is 0.101. The number of nitrogens with one attached hydrogen (secondary N) is 1. The number of methoxy groups -OCH3 is 1. The van der Waals surface area contributed by atoms with Gasteiger partial charge in [-0.3, -0.25) is 9.59 Å². The van der Waals surface area contributed by atoms with E-state index in [-0.39, 0.29) is 11.8 Å². The SMILES string of the molecule is COc1cc(Cl)ccc1C(=O)Nc1ccc(C(=O)N2CCC[C@H]3CCCC[C@@H]32)cc1. The summed E-state index contributed by atoms with van der Waals surface area (Å²) in [6.45, 7) is 0.842. The topological polar surface area (TPSA) is 58.6 Å². The molecule has 0 bridgehead atoms. The van der Waals surface area contributed by atoms with E-state index < -0.39 is 0 Å². The van der Waals surface area contributed by atoms with Crippen LogP contribution in [0.3, 0.4) is 0 Å². The van der Waals surface area contributed by atoms with Crippen LogP contribution in [0.15, 0.2) is 42.5 Å². The van der Waals surface area contributed by atoms with E-state index in [1.807, 2.05) is 0 Å². The van der Waals surface area contributed by atoms with Crippen molar-refractivity contribution in [3.63, 3.8) is 0 Å². The minimum Gasteiger partial charge on any atom is -0.496 e. The maximum absolute atomic E-state index is 13.1. The third-order valence-corrected chi connectivity index (χ3v) is 6.54. The van der Waals surface area contributed by atoms with Crippen LogP contribution in [-0.4, -0.2) is 36.4 Å². The van der Waals surface area contributed by atoms with Crippen LogP contribution in [0.2, 0.25) is 5.02 Å². The first-order chi connectivity index (χ1) is 14.6. The summed E-state index contributed by atoms with van der Waals surface area (Å²) < 4.78 is 5.25. The molecule has 0 unspecified atom stereocenters. The van der Waals surface area contributed by atoms with Gasteiger partial charge in [-0.05, 0) is 74.1 Å². The molecule has 1 heterocycles. The minimum atomic E-state index is -0.288. The second kappa shape index (κ2) is 9.09. The lowest BCUT2D eigenvalue weighted by Crippen LogP contribution is -2.49. The number of likely N-dealkylation sites (tertiary alicyclic amines) is 1. The Labute approximate surface area is 182 Å². The first kappa shape index (κ1) is 20.7. The van der Waals surface area contributed by atoms with E-state index in [9.17, 15) is 9.59 Å². The molecule has 1 saturated heterocycles. The van der Waals surface area contributed by atoms with Crippen molar-refractivity contribution in [1.29, 1.82) is 0 Å². The summed E-state index contributed by atoms with van der Waals surface area (Å²) in [5.41, 5.74) is 1.70. The van der Waals surface area contributed by atoms with Gasteiger partial charge in [0.05, 0.1) is 12.7 Å². The summed E-state index contributed by atoms with van der Waals surface area (Å²) >= 11 is 5.97. The summed E-state index contributed by atoms with van der Waals surface area (Å²) in [6.07, 6.45) is 7.19. The number of carbonyl (C=O) groups is 2. The molecule has 0 radical (unpaired) electrons. The molecule has 1 saturated carbocycles. The first-order valence-corrected chi connectivity index (χ1v) is 11.0. The van der Waals surface area contributed by atoms with Gasteiger partial charge in [0.25, 0.3) is 11.8 Å². The van der Waals surface area contributed by atoms with Crippen LogP contribution in [-0.2, 0) is 0 Å². The smallest absolute Gasteiger partial charge is 0.259 e. The monoisotopic (exact) mass is 426 g/mol. The number of anilines is 1. The zero-order valence-corrected chi connectivity index (χ0v) is 18.0. The van der Waals surface area contributed by atoms with E-state index in [0.29, 0.717) is 39.5 Å². The summed E-state index contributed by atoms with van der Waals surface area (Å²) in [5.74, 6) is 0.885. The highest BCUT2D eigenvalue weighted by molar-refractivity contribution is 6.31. The normalized spacial score (nSPS) is 20.9. The van der Waals surface area contributed by atoms with Gasteiger partial charge in [-0.1, -0.05) is 24.4 Å². The number of hydrogen-bond donors (Lipinski definition) is 1. The Hall–Kier alpha value is -2.53. The number of ether oxygens (including phenoxy) is 1. The Kier molecular flexibility index (Phi) is 6.28. The van der Waals surface area contributed by atoms with E-state index in [4.69, 9.17) is 16.3 Å². The number of amides is 2. The Bertz CT molecular complexity index is 927. The largest absolute Gasteiger partial charge is 0.496 e. The molecule has 2 aliphatic rings. The molecule has 1 N–H and O–H groups in total. The Balaban J connectivity index is 1.45. The fraction of sp³-hybridized carbons (Fsp3) is 0.417. The van der Waals surface area contributed by atoms with E-state index >= 15 is 0 Å². The lowest BCUT2D eigenvalue weighted by atomic mass is 9.78. The van der Waals surface area contributed by atoms with Gasteiger partial charge in [-0.2, -0.15) is 0 Å². The zero-order valence-electron chi connectivity index (χ0n) is 17.2. The summed E-state index contributed by atoms with van der Waals surface area (Å²) in [6, 6.07) is 12.4. The van der Waals surface area contributed by atoms with Gasteiger partial charge >= 0.3 is 0 Å². The molecular weight excluding hydrogens is 400 g/mol. The van der Waals surface area contributed by atoms with Crippen molar-refractivity contribution in [2.24, 2.45) is 5.92 Å². The van der Waals surface area contributed by atoms with Gasteiger partial charge < -0.3 is 15.0 Å². The molecule has 4 rings (SSSR count). The number of rotatable bonds is 4. The van der Waals surface area contributed by atoms with Crippen molar-refractivity contribution in [2.45, 2.75) is 44.6 Å². The number of nitrogens with zero attached hydrogens (tertiary/aromatic N) is 1. The van der Waals surface area contributed by atoms with Crippen molar-refractivity contribution in [1.82, 2.24) is 4.90 Å². The van der Waals surface area contributed by atoms with Gasteiger partial charge in [0.2, 0.25) is 0 Å². The summed E-state index contributed by atoms with van der Waals surface area (Å²) in [4.78, 5) is 27.8. The highest BCUT2D eigenvalue weighted by atomic mass is 35.5. The van der Waals surface area contributed by atoms with Crippen LogP contribution < -0.4 is 10.1 Å². The number of fused-ring (bicyclic) bond motifs is 1. The van der Waals surface area contributed by atoms with E-state index in [2.05, 4.69) is 10.2 Å². The highest BCUT2D eigenvalue weighted by Crippen LogP contribution is 2.36. The summed E-state index contributed by atoms with van der Waals surface area (Å²) in [5, 5.41) is 3.36. The predicted octanol–water partition coefficient (Wildman–Crippen LogP) is 5.40. The Morgan fingerprint density at radius 2 is 1.77 bits per heavy atom. The number of halogens is 1. The Morgan fingerprint density at radius 1 is 1.03 bits per heavy atom. The summed E-state index contributed by atoms with van der Waals surface area (Å²) in [7, 11) is 1.50. The average Bonchev–Trinajstić information content (AvgIpc) is 2.78. The molecule has 2 atom stereocenters. The second-order valence-electron chi connectivity index (χ2n) is 8.13. The third-order valence-electron chi connectivity index (χ3n) is 6.30. The highest BCUT2D eigenvalue weighted by Gasteiger charge is 2.35. The van der Waals surface area contributed by atoms with Gasteiger partial charge in [0.15, 0.2) is 0 Å². The molecule has 2 aromatic rings. The van der Waals surface area contributed by atoms with Crippen LogP contribution in [0, 0.1) is 5.92 Å². The van der Waals surface area contributed by atoms with Crippen LogP contribution in [0.5, 0.6) is 5.75 Å². The average molecular weight is 427 g/mol. The molecule has 30 heavy (non-hydrogen) atoms. The van der Waals surface area contributed by atoms with Crippen molar-refractivity contribution < 1.29 is 14.3 Å². The quantitative estimate of drug-likeness (QED) is 0.712. The maximum Gasteiger partial charge on any atom is 0.259 e. The van der Waals surface area contributed by atoms with Crippen molar-refractivity contribution in [3.8, 4) is 5.75 Å². The van der Waals surface area contributed by atoms with Crippen LogP contribution in [0.25, 0.3) is 0 Å². The molecule has 2 aromatic carbocycles. The van der Waals surface area contributed by atoms with Gasteiger partial charge in [0.1, 0.15) is 5.75 Å². The molecule has 6 heteroatoms. The molecule has 0 aromatic heterocycles. The zero-order chi connectivity index (χ0) is 21.1. The number of hydrogen-bond acceptors (Lipinski definition) is 3. The van der Waals surface area contributed by atoms with E-state index in [1.54, 1.807) is 42.5 Å². The molecule has 5 nitrogen and oxygen atoms in total. The van der Waals surface area contributed by atoms with Gasteiger partial charge in [-0.25, -0.2) is 0 Å². The van der Waals surface area contributed by atoms with Crippen molar-refractivity contribution in [3.05, 3.63) is 58.6 Å².